The molecule has 1 aromatic heterocycles. The number of piperidine rings is 1. The first kappa shape index (κ1) is 18.7. The number of rotatable bonds is 5. The smallest absolute Gasteiger partial charge is 0.191 e. The Balaban J connectivity index is 0.00000220. The van der Waals surface area contributed by atoms with E-state index in [1.165, 1.54) is 17.8 Å². The molecule has 4 nitrogen and oxygen atoms in total. The molecule has 0 unspecified atom stereocenters. The largest absolute Gasteiger partial charge is 0.370 e. The summed E-state index contributed by atoms with van der Waals surface area (Å²) < 4.78 is 0. The quantitative estimate of drug-likeness (QED) is 0.342. The Hall–Kier alpha value is -0.370. The van der Waals surface area contributed by atoms with Gasteiger partial charge in [0, 0.05) is 30.7 Å². The number of halogens is 1. The molecule has 1 aromatic rings. The lowest BCUT2D eigenvalue weighted by Gasteiger charge is -2.31. The van der Waals surface area contributed by atoms with Crippen LogP contribution in [0.4, 0.5) is 0 Å². The van der Waals surface area contributed by atoms with Crippen molar-refractivity contribution in [3.63, 3.8) is 0 Å². The third kappa shape index (κ3) is 6.50. The van der Waals surface area contributed by atoms with Gasteiger partial charge in [-0.25, -0.2) is 4.98 Å². The molecule has 120 valence electrons. The predicted octanol–water partition coefficient (Wildman–Crippen LogP) is 3.44. The van der Waals surface area contributed by atoms with Gasteiger partial charge < -0.3 is 10.6 Å². The van der Waals surface area contributed by atoms with Crippen LogP contribution in [0.15, 0.2) is 10.4 Å². The Morgan fingerprint density at radius 3 is 2.76 bits per heavy atom. The minimum atomic E-state index is 0. The molecule has 2 rings (SSSR count). The van der Waals surface area contributed by atoms with Crippen LogP contribution in [-0.4, -0.2) is 35.5 Å². The summed E-state index contributed by atoms with van der Waals surface area (Å²) >= 11 is 1.76. The van der Waals surface area contributed by atoms with Gasteiger partial charge in [-0.2, -0.15) is 0 Å². The van der Waals surface area contributed by atoms with Crippen molar-refractivity contribution in [3.8, 4) is 0 Å². The number of aromatic nitrogens is 1. The van der Waals surface area contributed by atoms with Gasteiger partial charge >= 0.3 is 0 Å². The summed E-state index contributed by atoms with van der Waals surface area (Å²) in [4.78, 5) is 11.2. The summed E-state index contributed by atoms with van der Waals surface area (Å²) in [5.74, 6) is 1.57. The van der Waals surface area contributed by atoms with Crippen LogP contribution in [0.3, 0.4) is 0 Å². The number of thiazole rings is 1. The third-order valence-electron chi connectivity index (χ3n) is 3.85. The van der Waals surface area contributed by atoms with E-state index in [4.69, 9.17) is 5.73 Å². The number of hydrogen-bond acceptors (Lipinski definition) is 3. The van der Waals surface area contributed by atoms with Gasteiger partial charge in [0.15, 0.2) is 5.96 Å². The van der Waals surface area contributed by atoms with Crippen LogP contribution in [-0.2, 0) is 6.42 Å². The highest BCUT2D eigenvalue weighted by Gasteiger charge is 2.16. The number of hydrogen-bond donors (Lipinski definition) is 1. The molecule has 0 radical (unpaired) electrons. The topological polar surface area (TPSA) is 54.5 Å². The fourth-order valence-electron chi connectivity index (χ4n) is 2.44. The molecule has 0 aliphatic carbocycles. The fourth-order valence-corrected chi connectivity index (χ4v) is 3.26. The highest BCUT2D eigenvalue weighted by Crippen LogP contribution is 2.15. The third-order valence-corrected chi connectivity index (χ3v) is 4.87. The van der Waals surface area contributed by atoms with Crippen molar-refractivity contribution >= 4 is 41.3 Å². The summed E-state index contributed by atoms with van der Waals surface area (Å²) in [6, 6.07) is 0. The van der Waals surface area contributed by atoms with E-state index in [0.29, 0.717) is 0 Å². The SMILES string of the molecule is Cc1csc(CCCCN=C(N)N2CCC(C)CC2)n1.I. The van der Waals surface area contributed by atoms with Crippen molar-refractivity contribution in [2.75, 3.05) is 19.6 Å². The number of aryl methyl sites for hydroxylation is 2. The maximum absolute atomic E-state index is 6.06. The second-order valence-electron chi connectivity index (χ2n) is 5.75. The van der Waals surface area contributed by atoms with Crippen molar-refractivity contribution in [3.05, 3.63) is 16.1 Å². The lowest BCUT2D eigenvalue weighted by Crippen LogP contribution is -2.42. The Morgan fingerprint density at radius 2 is 2.14 bits per heavy atom. The Bertz CT molecular complexity index is 439. The van der Waals surface area contributed by atoms with Crippen LogP contribution in [0.5, 0.6) is 0 Å². The zero-order valence-electron chi connectivity index (χ0n) is 13.0. The second-order valence-corrected chi connectivity index (χ2v) is 6.69. The van der Waals surface area contributed by atoms with Gasteiger partial charge in [-0.05, 0) is 44.9 Å². The molecule has 6 heteroatoms. The predicted molar refractivity (Wildman–Crippen MR) is 102 cm³/mol. The van der Waals surface area contributed by atoms with Gasteiger partial charge in [0.05, 0.1) is 5.01 Å². The summed E-state index contributed by atoms with van der Waals surface area (Å²) in [5.41, 5.74) is 7.19. The molecule has 0 amide bonds. The van der Waals surface area contributed by atoms with Gasteiger partial charge in [0.25, 0.3) is 0 Å². The second kappa shape index (κ2) is 9.61. The van der Waals surface area contributed by atoms with Gasteiger partial charge in [-0.3, -0.25) is 4.99 Å². The molecule has 1 aliphatic rings. The van der Waals surface area contributed by atoms with E-state index in [2.05, 4.69) is 27.2 Å². The molecule has 0 atom stereocenters. The number of nitrogens with two attached hydrogens (primary N) is 1. The summed E-state index contributed by atoms with van der Waals surface area (Å²) in [6.45, 7) is 7.32. The van der Waals surface area contributed by atoms with Gasteiger partial charge in [0.2, 0.25) is 0 Å². The number of guanidine groups is 1. The minimum Gasteiger partial charge on any atom is -0.370 e. The summed E-state index contributed by atoms with van der Waals surface area (Å²) in [5, 5.41) is 3.35. The molecular formula is C15H27IN4S. The molecule has 1 fully saturated rings. The molecule has 0 saturated carbocycles. The van der Waals surface area contributed by atoms with Crippen molar-refractivity contribution in [1.82, 2.24) is 9.88 Å². The molecule has 1 saturated heterocycles. The highest BCUT2D eigenvalue weighted by molar-refractivity contribution is 14.0. The Morgan fingerprint density at radius 1 is 1.43 bits per heavy atom. The zero-order chi connectivity index (χ0) is 14.4. The first-order valence-electron chi connectivity index (χ1n) is 7.61. The minimum absolute atomic E-state index is 0. The van der Waals surface area contributed by atoms with Crippen molar-refractivity contribution in [2.45, 2.75) is 46.0 Å². The molecule has 0 bridgehead atoms. The molecular weight excluding hydrogens is 395 g/mol. The van der Waals surface area contributed by atoms with E-state index in [9.17, 15) is 0 Å². The summed E-state index contributed by atoms with van der Waals surface area (Å²) in [6.07, 6.45) is 5.76. The molecule has 2 N–H and O–H groups in total. The first-order valence-corrected chi connectivity index (χ1v) is 8.49. The van der Waals surface area contributed by atoms with Crippen molar-refractivity contribution < 1.29 is 0 Å². The Kier molecular flexibility index (Phi) is 8.55. The normalized spacial score (nSPS) is 16.9. The standard InChI is InChI=1S/C15H26N4S.HI/c1-12-6-9-19(10-7-12)15(16)17-8-4-3-5-14-18-13(2)11-20-14;/h11-12H,3-10H2,1-2H3,(H2,16,17);1H. The van der Waals surface area contributed by atoms with Gasteiger partial charge in [-0.1, -0.05) is 6.92 Å². The van der Waals surface area contributed by atoms with Crippen LogP contribution >= 0.6 is 35.3 Å². The molecule has 2 heterocycles. The average Bonchev–Trinajstić information content (AvgIpc) is 2.84. The number of aliphatic imine (C=N–C) groups is 1. The Labute approximate surface area is 149 Å². The van der Waals surface area contributed by atoms with Crippen LogP contribution in [0.25, 0.3) is 0 Å². The van der Waals surface area contributed by atoms with Crippen LogP contribution in [0.1, 0.15) is 43.3 Å². The lowest BCUT2D eigenvalue weighted by molar-refractivity contribution is 0.277. The van der Waals surface area contributed by atoms with Crippen LogP contribution in [0, 0.1) is 12.8 Å². The van der Waals surface area contributed by atoms with Crippen LogP contribution in [0.2, 0.25) is 0 Å². The molecule has 21 heavy (non-hydrogen) atoms. The van der Waals surface area contributed by atoms with Crippen molar-refractivity contribution in [2.24, 2.45) is 16.6 Å². The van der Waals surface area contributed by atoms with E-state index in [1.54, 1.807) is 11.3 Å². The van der Waals surface area contributed by atoms with E-state index < -0.39 is 0 Å². The molecule has 1 aliphatic heterocycles. The van der Waals surface area contributed by atoms with Gasteiger partial charge in [0.1, 0.15) is 0 Å². The molecule has 0 aromatic carbocycles. The number of nitrogens with zero attached hydrogens (tertiary/aromatic N) is 3. The van der Waals surface area contributed by atoms with E-state index in [1.807, 2.05) is 6.92 Å². The number of unbranched alkanes of at least 4 members (excludes halogenated alkanes) is 1. The number of likely N-dealkylation sites (tertiary alicyclic amines) is 1. The van der Waals surface area contributed by atoms with E-state index >= 15 is 0 Å². The monoisotopic (exact) mass is 422 g/mol. The maximum Gasteiger partial charge on any atom is 0.191 e. The first-order chi connectivity index (χ1) is 9.65. The average molecular weight is 422 g/mol. The highest BCUT2D eigenvalue weighted by atomic mass is 127. The lowest BCUT2D eigenvalue weighted by atomic mass is 10.00. The summed E-state index contributed by atoms with van der Waals surface area (Å²) in [7, 11) is 0. The zero-order valence-corrected chi connectivity index (χ0v) is 16.2. The van der Waals surface area contributed by atoms with Crippen molar-refractivity contribution in [1.29, 1.82) is 0 Å². The van der Waals surface area contributed by atoms with Gasteiger partial charge in [-0.15, -0.1) is 35.3 Å². The van der Waals surface area contributed by atoms with Crippen LogP contribution < -0.4 is 5.73 Å². The molecule has 0 spiro atoms. The van der Waals surface area contributed by atoms with E-state index in [-0.39, 0.29) is 24.0 Å². The fraction of sp³-hybridized carbons (Fsp3) is 0.733. The maximum atomic E-state index is 6.06. The van der Waals surface area contributed by atoms with E-state index in [0.717, 1.165) is 56.5 Å².